The van der Waals surface area contributed by atoms with E-state index in [-0.39, 0.29) is 11.8 Å². The van der Waals surface area contributed by atoms with Gasteiger partial charge in [-0.3, -0.25) is 14.2 Å². The molecule has 0 spiro atoms. The maximum Gasteiger partial charge on any atom is 0.229 e. The van der Waals surface area contributed by atoms with Gasteiger partial charge in [-0.15, -0.1) is 0 Å². The summed E-state index contributed by atoms with van der Waals surface area (Å²) in [4.78, 5) is 12.5. The average Bonchev–Trinajstić information content (AvgIpc) is 3.15. The lowest BCUT2D eigenvalue weighted by Gasteiger charge is -2.12. The van der Waals surface area contributed by atoms with Crippen molar-refractivity contribution < 1.29 is 4.79 Å². The Bertz CT molecular complexity index is 963. The van der Waals surface area contributed by atoms with Gasteiger partial charge in [-0.25, -0.2) is 0 Å². The minimum Gasteiger partial charge on any atom is -0.323 e. The predicted molar refractivity (Wildman–Crippen MR) is 107 cm³/mol. The van der Waals surface area contributed by atoms with Crippen LogP contribution in [0.2, 0.25) is 10.0 Å². The number of nitrogens with zero attached hydrogens (tertiary/aromatic N) is 4. The Labute approximate surface area is 168 Å². The van der Waals surface area contributed by atoms with Crippen LogP contribution in [0.3, 0.4) is 0 Å². The van der Waals surface area contributed by atoms with Crippen LogP contribution < -0.4 is 5.32 Å². The molecule has 0 aliphatic rings. The number of nitrogens with one attached hydrogen (secondary N) is 1. The predicted octanol–water partition coefficient (Wildman–Crippen LogP) is 4.33. The van der Waals surface area contributed by atoms with E-state index in [1.165, 1.54) is 0 Å². The number of carbonyl (C=O) groups is 1. The van der Waals surface area contributed by atoms with E-state index in [4.69, 9.17) is 23.2 Å². The summed E-state index contributed by atoms with van der Waals surface area (Å²) in [5.41, 5.74) is 3.32. The van der Waals surface area contributed by atoms with Gasteiger partial charge in [0.05, 0.1) is 47.3 Å². The first-order valence-corrected chi connectivity index (χ1v) is 9.36. The third-order valence-corrected chi connectivity index (χ3v) is 5.10. The van der Waals surface area contributed by atoms with Gasteiger partial charge in [-0.05, 0) is 31.5 Å². The lowest BCUT2D eigenvalue weighted by atomic mass is 10.1. The van der Waals surface area contributed by atoms with E-state index in [9.17, 15) is 4.79 Å². The second-order valence-electron chi connectivity index (χ2n) is 6.61. The van der Waals surface area contributed by atoms with Crippen molar-refractivity contribution in [1.29, 1.82) is 0 Å². The number of aryl methyl sites for hydroxylation is 1. The molecule has 1 unspecified atom stereocenters. The molecule has 0 fully saturated rings. The van der Waals surface area contributed by atoms with Crippen molar-refractivity contribution in [2.45, 2.75) is 33.9 Å². The van der Waals surface area contributed by atoms with Crippen LogP contribution in [0.15, 0.2) is 36.7 Å². The van der Waals surface area contributed by atoms with Crippen LogP contribution in [0.25, 0.3) is 0 Å². The number of hydrogen-bond acceptors (Lipinski definition) is 3. The number of halogens is 2. The molecule has 3 rings (SSSR count). The fourth-order valence-corrected chi connectivity index (χ4v) is 3.15. The fraction of sp³-hybridized carbons (Fsp3) is 0.316. The monoisotopic (exact) mass is 405 g/mol. The summed E-state index contributed by atoms with van der Waals surface area (Å²) >= 11 is 12.2. The van der Waals surface area contributed by atoms with Gasteiger partial charge in [-0.1, -0.05) is 42.3 Å². The molecule has 1 atom stereocenters. The van der Waals surface area contributed by atoms with Crippen LogP contribution in [-0.2, 0) is 17.9 Å². The number of aromatic nitrogens is 4. The van der Waals surface area contributed by atoms with E-state index in [1.807, 2.05) is 45.0 Å². The van der Waals surface area contributed by atoms with Crippen LogP contribution in [-0.4, -0.2) is 25.5 Å². The number of anilines is 1. The molecule has 0 saturated heterocycles. The molecule has 142 valence electrons. The number of rotatable bonds is 6. The van der Waals surface area contributed by atoms with Gasteiger partial charge in [0, 0.05) is 11.2 Å². The first-order chi connectivity index (χ1) is 12.8. The molecule has 27 heavy (non-hydrogen) atoms. The van der Waals surface area contributed by atoms with E-state index in [0.717, 1.165) is 17.0 Å². The molecule has 3 aromatic rings. The molecule has 0 aliphatic heterocycles. The molecule has 0 radical (unpaired) electrons. The smallest absolute Gasteiger partial charge is 0.229 e. The van der Waals surface area contributed by atoms with Crippen molar-refractivity contribution in [3.63, 3.8) is 0 Å². The zero-order chi connectivity index (χ0) is 19.6. The van der Waals surface area contributed by atoms with Crippen molar-refractivity contribution in [2.75, 3.05) is 5.32 Å². The Morgan fingerprint density at radius 1 is 1.30 bits per heavy atom. The largest absolute Gasteiger partial charge is 0.323 e. The minimum atomic E-state index is -0.268. The highest BCUT2D eigenvalue weighted by Gasteiger charge is 2.18. The summed E-state index contributed by atoms with van der Waals surface area (Å²) in [5.74, 6) is -0.365. The van der Waals surface area contributed by atoms with E-state index in [0.29, 0.717) is 28.8 Å². The summed E-state index contributed by atoms with van der Waals surface area (Å²) in [7, 11) is 0. The Balaban J connectivity index is 1.60. The number of amides is 1. The number of carbonyl (C=O) groups excluding carboxylic acids is 1. The molecule has 2 heterocycles. The maximum absolute atomic E-state index is 12.5. The molecular formula is C19H21Cl2N5O. The Morgan fingerprint density at radius 2 is 2.07 bits per heavy atom. The van der Waals surface area contributed by atoms with E-state index < -0.39 is 0 Å². The van der Waals surface area contributed by atoms with E-state index >= 15 is 0 Å². The third kappa shape index (κ3) is 4.70. The second kappa shape index (κ2) is 8.15. The second-order valence-corrected chi connectivity index (χ2v) is 7.43. The molecule has 8 heteroatoms. The van der Waals surface area contributed by atoms with Gasteiger partial charge in [0.25, 0.3) is 0 Å². The number of benzene rings is 1. The summed E-state index contributed by atoms with van der Waals surface area (Å²) in [6.07, 6.45) is 3.43. The summed E-state index contributed by atoms with van der Waals surface area (Å²) in [6, 6.07) is 7.60. The van der Waals surface area contributed by atoms with Crippen molar-refractivity contribution in [3.8, 4) is 0 Å². The molecule has 0 saturated carbocycles. The Morgan fingerprint density at radius 3 is 2.74 bits per heavy atom. The summed E-state index contributed by atoms with van der Waals surface area (Å²) in [6.45, 7) is 6.64. The lowest BCUT2D eigenvalue weighted by molar-refractivity contribution is -0.119. The SMILES string of the molecule is Cc1nn(CC(C)C(=O)Nc2cnn(Cc3cccc(Cl)c3)c2)c(C)c1Cl. The van der Waals surface area contributed by atoms with Gasteiger partial charge in [0.1, 0.15) is 0 Å². The van der Waals surface area contributed by atoms with Gasteiger partial charge in [-0.2, -0.15) is 10.2 Å². The topological polar surface area (TPSA) is 64.7 Å². The quantitative estimate of drug-likeness (QED) is 0.663. The van der Waals surface area contributed by atoms with Crippen molar-refractivity contribution in [1.82, 2.24) is 19.6 Å². The normalized spacial score (nSPS) is 12.2. The molecule has 6 nitrogen and oxygen atoms in total. The maximum atomic E-state index is 12.5. The molecule has 1 N–H and O–H groups in total. The van der Waals surface area contributed by atoms with Gasteiger partial charge in [0.15, 0.2) is 0 Å². The van der Waals surface area contributed by atoms with Gasteiger partial charge in [0.2, 0.25) is 5.91 Å². The minimum absolute atomic E-state index is 0.0963. The molecule has 1 aromatic carbocycles. The van der Waals surface area contributed by atoms with Crippen LogP contribution in [0.4, 0.5) is 5.69 Å². The van der Waals surface area contributed by atoms with Crippen molar-refractivity contribution in [3.05, 3.63) is 63.7 Å². The van der Waals surface area contributed by atoms with Crippen LogP contribution >= 0.6 is 23.2 Å². The zero-order valence-electron chi connectivity index (χ0n) is 15.4. The summed E-state index contributed by atoms with van der Waals surface area (Å²) < 4.78 is 3.53. The van der Waals surface area contributed by atoms with Crippen molar-refractivity contribution >= 4 is 34.8 Å². The standard InChI is InChI=1S/C19H21Cl2N5O/c1-12(9-26-14(3)18(21)13(2)24-26)19(27)23-17-8-22-25(11-17)10-15-5-4-6-16(20)7-15/h4-8,11-12H,9-10H2,1-3H3,(H,23,27). The van der Waals surface area contributed by atoms with Crippen LogP contribution in [0.5, 0.6) is 0 Å². The van der Waals surface area contributed by atoms with Crippen LogP contribution in [0.1, 0.15) is 23.9 Å². The zero-order valence-corrected chi connectivity index (χ0v) is 16.9. The highest BCUT2D eigenvalue weighted by atomic mass is 35.5. The Hall–Kier alpha value is -2.31. The Kier molecular flexibility index (Phi) is 5.87. The fourth-order valence-electron chi connectivity index (χ4n) is 2.80. The van der Waals surface area contributed by atoms with Gasteiger partial charge < -0.3 is 5.32 Å². The first-order valence-electron chi connectivity index (χ1n) is 8.60. The van der Waals surface area contributed by atoms with Crippen LogP contribution in [0, 0.1) is 19.8 Å². The molecule has 1 amide bonds. The van der Waals surface area contributed by atoms with Gasteiger partial charge >= 0.3 is 0 Å². The molecule has 2 aromatic heterocycles. The van der Waals surface area contributed by atoms with Crippen molar-refractivity contribution in [2.24, 2.45) is 5.92 Å². The first kappa shape index (κ1) is 19.5. The average molecular weight is 406 g/mol. The lowest BCUT2D eigenvalue weighted by Crippen LogP contribution is -2.25. The molecule has 0 bridgehead atoms. The highest BCUT2D eigenvalue weighted by Crippen LogP contribution is 2.20. The van der Waals surface area contributed by atoms with E-state index in [2.05, 4.69) is 15.5 Å². The summed E-state index contributed by atoms with van der Waals surface area (Å²) in [5, 5.41) is 12.9. The highest BCUT2D eigenvalue weighted by molar-refractivity contribution is 6.31. The molecule has 0 aliphatic carbocycles. The third-order valence-electron chi connectivity index (χ3n) is 4.32. The number of hydrogen-bond donors (Lipinski definition) is 1. The molecular weight excluding hydrogens is 385 g/mol. The van der Waals surface area contributed by atoms with E-state index in [1.54, 1.807) is 21.8 Å².